The molecule has 0 radical (unpaired) electrons. The molecular formula is C77H61F3O14S3. The first-order chi connectivity index (χ1) is 46.5. The van der Waals surface area contributed by atoms with Crippen LogP contribution >= 0.6 is 34.0 Å². The van der Waals surface area contributed by atoms with Gasteiger partial charge < -0.3 is 54.7 Å². The number of halogens is 3. The molecule has 492 valence electrons. The van der Waals surface area contributed by atoms with Crippen molar-refractivity contribution in [1.29, 1.82) is 0 Å². The zero-order chi connectivity index (χ0) is 69.1. The Morgan fingerprint density at radius 2 is 0.845 bits per heavy atom. The molecule has 0 fully saturated rings. The number of benzene rings is 9. The van der Waals surface area contributed by atoms with E-state index in [1.54, 1.807) is 108 Å². The molecule has 0 bridgehead atoms. The molecule has 0 saturated heterocycles. The molecule has 12 rings (SSSR count). The third-order valence-corrected chi connectivity index (χ3v) is 18.4. The Bertz CT molecular complexity index is 4930. The summed E-state index contributed by atoms with van der Waals surface area (Å²) in [5.41, 5.74) is 6.36. The van der Waals surface area contributed by atoms with E-state index in [1.165, 1.54) is 53.3 Å². The number of ether oxygens (including phenoxy) is 4. The van der Waals surface area contributed by atoms with E-state index in [2.05, 4.69) is 30.7 Å². The SMILES string of the molecule is CC/C(=C\c1ccc(Oc2c(-c3ccc(O)cc3)sc3cc(O)ccc23)cc1)C(=O)O.CC/C(=C\c1ccc(Oc2c(-c3ccccc3C(C)C)sc3cc(O)ccc23)cc1)C(=O)O.O=C(O)/C=C/c1ccc(Oc2c(-c3ccccc3OC(F)(F)F)sc3cc(O)ccc23)cc1. The average molecular weight is 1360 g/mol. The molecule has 0 atom stereocenters. The number of para-hydroxylation sites is 1. The van der Waals surface area contributed by atoms with Crippen LogP contribution in [0.4, 0.5) is 13.2 Å². The molecule has 12 aromatic rings. The van der Waals surface area contributed by atoms with Gasteiger partial charge in [0.25, 0.3) is 0 Å². The quantitative estimate of drug-likeness (QED) is 0.0374. The van der Waals surface area contributed by atoms with Crippen molar-refractivity contribution in [2.75, 3.05) is 0 Å². The van der Waals surface area contributed by atoms with Gasteiger partial charge in [0.15, 0.2) is 17.2 Å². The highest BCUT2D eigenvalue weighted by molar-refractivity contribution is 7.23. The van der Waals surface area contributed by atoms with Crippen molar-refractivity contribution in [2.45, 2.75) is 52.8 Å². The largest absolute Gasteiger partial charge is 0.573 e. The molecule has 0 aliphatic carbocycles. The van der Waals surface area contributed by atoms with E-state index in [1.807, 2.05) is 86.6 Å². The summed E-state index contributed by atoms with van der Waals surface area (Å²) in [5, 5.41) is 69.0. The Morgan fingerprint density at radius 1 is 0.464 bits per heavy atom. The lowest BCUT2D eigenvalue weighted by atomic mass is 9.96. The Balaban J connectivity index is 0.000000158. The van der Waals surface area contributed by atoms with Crippen molar-refractivity contribution in [3.63, 3.8) is 0 Å². The molecule has 0 aliphatic heterocycles. The van der Waals surface area contributed by atoms with Crippen LogP contribution in [0.1, 0.15) is 68.7 Å². The van der Waals surface area contributed by atoms with Gasteiger partial charge in [0.05, 0.1) is 14.6 Å². The fourth-order valence-electron chi connectivity index (χ4n) is 10.2. The molecule has 14 nitrogen and oxygen atoms in total. The number of thiophene rings is 3. The Hall–Kier alpha value is -11.3. The summed E-state index contributed by atoms with van der Waals surface area (Å²) < 4.78 is 64.3. The first-order valence-electron chi connectivity index (χ1n) is 30.1. The average Bonchev–Trinajstić information content (AvgIpc) is 1.65. The molecule has 7 N–H and O–H groups in total. The minimum absolute atomic E-state index is 0.0104. The smallest absolute Gasteiger partial charge is 0.508 e. The van der Waals surface area contributed by atoms with Crippen LogP contribution in [0.3, 0.4) is 0 Å². The number of aromatic hydroxyl groups is 4. The van der Waals surface area contributed by atoms with E-state index in [4.69, 9.17) is 19.3 Å². The predicted molar refractivity (Wildman–Crippen MR) is 377 cm³/mol. The fraction of sp³-hybridized carbons (Fsp3) is 0.104. The van der Waals surface area contributed by atoms with E-state index in [9.17, 15) is 58.2 Å². The van der Waals surface area contributed by atoms with Gasteiger partial charge >= 0.3 is 24.3 Å². The topological polar surface area (TPSA) is 230 Å². The number of hydrogen-bond acceptors (Lipinski definition) is 14. The van der Waals surface area contributed by atoms with E-state index in [0.29, 0.717) is 79.2 Å². The lowest BCUT2D eigenvalue weighted by molar-refractivity contribution is -0.274. The summed E-state index contributed by atoms with van der Waals surface area (Å²) in [4.78, 5) is 35.5. The summed E-state index contributed by atoms with van der Waals surface area (Å²) >= 11 is 4.25. The van der Waals surface area contributed by atoms with Crippen molar-refractivity contribution in [3.05, 3.63) is 240 Å². The predicted octanol–water partition coefficient (Wildman–Crippen LogP) is 21.8. The van der Waals surface area contributed by atoms with Gasteiger partial charge in [-0.1, -0.05) is 100 Å². The lowest BCUT2D eigenvalue weighted by Crippen LogP contribution is -2.17. The summed E-state index contributed by atoms with van der Waals surface area (Å²) in [6, 6.07) is 57.2. The molecule has 97 heavy (non-hydrogen) atoms. The Morgan fingerprint density at radius 3 is 1.26 bits per heavy atom. The number of aliphatic carboxylic acids is 3. The van der Waals surface area contributed by atoms with E-state index >= 15 is 0 Å². The van der Waals surface area contributed by atoms with Crippen LogP contribution in [0.15, 0.2) is 217 Å². The third-order valence-electron chi connectivity index (χ3n) is 14.9. The van der Waals surface area contributed by atoms with Crippen molar-refractivity contribution < 1.29 is 82.2 Å². The monoisotopic (exact) mass is 1360 g/mol. The second kappa shape index (κ2) is 30.4. The minimum Gasteiger partial charge on any atom is -0.508 e. The van der Waals surface area contributed by atoms with Gasteiger partial charge in [-0.2, -0.15) is 0 Å². The number of phenolic OH excluding ortho intramolecular Hbond substituents is 4. The second-order valence-corrected chi connectivity index (χ2v) is 25.2. The number of carboxylic acid groups (broad SMARTS) is 3. The number of carboxylic acids is 3. The second-order valence-electron chi connectivity index (χ2n) is 22.0. The standard InChI is InChI=1S/C28H26O4S.C25H20O5S.C24H15F3O5S/c1-4-19(28(30)31)15-18-9-12-21(13-10-18)32-26-24-14-11-20(29)16-25(24)33-27(26)23-8-6-5-7-22(23)17(2)3;1-2-16(25(28)29)13-15-3-10-20(11-4-15)30-23-21-12-9-19(27)14-22(21)31-24(23)17-5-7-18(26)8-6-17;25-24(26,27)32-19-4-2-1-3-17(19)23-22(18-11-8-15(28)13-20(18)33-23)31-16-9-5-14(6-10-16)7-12-21(29)30/h5-17,29H,4H2,1-3H3,(H,30,31);3-14,26-27H,2H2,1H3,(H,28,29);1-13,28H,(H,29,30)/b19-15+;16-13+;12-7+. The molecule has 9 aromatic carbocycles. The van der Waals surface area contributed by atoms with Crippen LogP contribution in [0.5, 0.6) is 63.2 Å². The van der Waals surface area contributed by atoms with Gasteiger partial charge in [0.2, 0.25) is 0 Å². The number of rotatable bonds is 19. The van der Waals surface area contributed by atoms with Crippen LogP contribution in [0, 0.1) is 0 Å². The molecule has 0 amide bonds. The maximum Gasteiger partial charge on any atom is 0.573 e. The number of hydrogen-bond donors (Lipinski definition) is 7. The zero-order valence-electron chi connectivity index (χ0n) is 52.2. The number of fused-ring (bicyclic) bond motifs is 3. The molecular weight excluding hydrogens is 1300 g/mol. The molecule has 0 spiro atoms. The maximum atomic E-state index is 13.0. The van der Waals surface area contributed by atoms with E-state index in [-0.39, 0.29) is 34.3 Å². The normalized spacial score (nSPS) is 11.7. The summed E-state index contributed by atoms with van der Waals surface area (Å²) in [5.74, 6) is 1.06. The van der Waals surface area contributed by atoms with Gasteiger partial charge in [-0.15, -0.1) is 47.2 Å². The minimum atomic E-state index is -4.87. The Labute approximate surface area is 566 Å². The third kappa shape index (κ3) is 17.2. The van der Waals surface area contributed by atoms with Gasteiger partial charge in [-0.3, -0.25) is 0 Å². The van der Waals surface area contributed by atoms with Gasteiger partial charge in [-0.05, 0) is 198 Å². The van der Waals surface area contributed by atoms with Crippen LogP contribution < -0.4 is 18.9 Å². The number of phenols is 4. The van der Waals surface area contributed by atoms with Crippen molar-refractivity contribution in [2.24, 2.45) is 0 Å². The van der Waals surface area contributed by atoms with Crippen LogP contribution in [-0.2, 0) is 14.4 Å². The van der Waals surface area contributed by atoms with E-state index in [0.717, 1.165) is 75.3 Å². The van der Waals surface area contributed by atoms with Crippen molar-refractivity contribution >= 4 is 100 Å². The number of alkyl halides is 3. The molecule has 3 aromatic heterocycles. The summed E-state index contributed by atoms with van der Waals surface area (Å²) in [6.45, 7) is 7.98. The molecule has 20 heteroatoms. The first kappa shape index (κ1) is 68.5. The van der Waals surface area contributed by atoms with Gasteiger partial charge in [-0.25, -0.2) is 14.4 Å². The molecule has 0 aliphatic rings. The molecule has 3 heterocycles. The van der Waals surface area contributed by atoms with Crippen LogP contribution in [0.2, 0.25) is 0 Å². The van der Waals surface area contributed by atoms with Crippen LogP contribution in [-0.4, -0.2) is 60.0 Å². The van der Waals surface area contributed by atoms with Crippen molar-refractivity contribution in [1.82, 2.24) is 0 Å². The molecule has 0 unspecified atom stereocenters. The lowest BCUT2D eigenvalue weighted by Gasteiger charge is -2.14. The Kier molecular flexibility index (Phi) is 21.5. The van der Waals surface area contributed by atoms with Crippen molar-refractivity contribution in [3.8, 4) is 94.6 Å². The highest BCUT2D eigenvalue weighted by Gasteiger charge is 2.33. The molecule has 0 saturated carbocycles. The first-order valence-corrected chi connectivity index (χ1v) is 32.6. The maximum absolute atomic E-state index is 13.0. The van der Waals surface area contributed by atoms with Gasteiger partial charge in [0, 0.05) is 53.0 Å². The van der Waals surface area contributed by atoms with Gasteiger partial charge in [0.1, 0.15) is 46.0 Å². The zero-order valence-corrected chi connectivity index (χ0v) is 54.6. The fourth-order valence-corrected chi connectivity index (χ4v) is 13.8. The van der Waals surface area contributed by atoms with Crippen LogP contribution in [0.25, 0.3) is 79.8 Å². The highest BCUT2D eigenvalue weighted by Crippen LogP contribution is 2.52. The summed E-state index contributed by atoms with van der Waals surface area (Å²) in [6.07, 6.45) is 1.79. The summed E-state index contributed by atoms with van der Waals surface area (Å²) in [7, 11) is 0. The number of carbonyl (C=O) groups is 3. The van der Waals surface area contributed by atoms with E-state index < -0.39 is 24.3 Å². The highest BCUT2D eigenvalue weighted by atomic mass is 32.1.